The SMILES string of the molecule is COc1cc(OC)cc(-c2cc3cnc(NCc4cn(CCN5CCN(C)CC5)nn4)nc3nc2NC(=O)NC(C)(C)C)c1. The highest BCUT2D eigenvalue weighted by Gasteiger charge is 2.19. The second kappa shape index (κ2) is 13.4. The normalized spacial score (nSPS) is 14.4. The molecule has 44 heavy (non-hydrogen) atoms. The van der Waals surface area contributed by atoms with E-state index >= 15 is 0 Å². The molecule has 14 nitrogen and oxygen atoms in total. The van der Waals surface area contributed by atoms with E-state index in [2.05, 4.69) is 53.1 Å². The number of carbonyl (C=O) groups is 1. The molecule has 0 bridgehead atoms. The third kappa shape index (κ3) is 8.08. The third-order valence-corrected chi connectivity index (χ3v) is 7.21. The molecule has 3 aromatic heterocycles. The van der Waals surface area contributed by atoms with Gasteiger partial charge in [0.2, 0.25) is 5.95 Å². The van der Waals surface area contributed by atoms with Crippen LogP contribution in [0.2, 0.25) is 0 Å². The molecule has 1 aliphatic rings. The van der Waals surface area contributed by atoms with Gasteiger partial charge >= 0.3 is 6.03 Å². The lowest BCUT2D eigenvalue weighted by molar-refractivity contribution is 0.148. The van der Waals surface area contributed by atoms with Crippen molar-refractivity contribution in [3.63, 3.8) is 0 Å². The quantitative estimate of drug-likeness (QED) is 0.246. The number of likely N-dealkylation sites (N-methyl/N-ethyl adjacent to an activating group) is 1. The van der Waals surface area contributed by atoms with Crippen molar-refractivity contribution in [2.24, 2.45) is 0 Å². The van der Waals surface area contributed by atoms with E-state index in [1.807, 2.05) is 49.8 Å². The number of amides is 2. The summed E-state index contributed by atoms with van der Waals surface area (Å²) < 4.78 is 12.8. The Morgan fingerprint density at radius 1 is 0.977 bits per heavy atom. The zero-order valence-corrected chi connectivity index (χ0v) is 26.2. The first-order valence-electron chi connectivity index (χ1n) is 14.6. The number of rotatable bonds is 10. The summed E-state index contributed by atoms with van der Waals surface area (Å²) in [5.74, 6) is 1.94. The van der Waals surface area contributed by atoms with Crippen molar-refractivity contribution >= 4 is 28.8 Å². The summed E-state index contributed by atoms with van der Waals surface area (Å²) in [5.41, 5.74) is 2.17. The molecular formula is C30H41N11O3. The van der Waals surface area contributed by atoms with E-state index in [0.29, 0.717) is 46.4 Å². The molecule has 0 aliphatic carbocycles. The molecule has 14 heteroatoms. The predicted molar refractivity (Wildman–Crippen MR) is 169 cm³/mol. The number of hydrogen-bond acceptors (Lipinski definition) is 11. The van der Waals surface area contributed by atoms with Crippen LogP contribution in [0.25, 0.3) is 22.2 Å². The Morgan fingerprint density at radius 2 is 1.70 bits per heavy atom. The zero-order chi connectivity index (χ0) is 31.3. The summed E-state index contributed by atoms with van der Waals surface area (Å²) in [7, 11) is 5.33. The second-order valence-electron chi connectivity index (χ2n) is 11.9. The molecule has 0 radical (unpaired) electrons. The molecule has 1 aliphatic heterocycles. The van der Waals surface area contributed by atoms with Crippen LogP contribution >= 0.6 is 0 Å². The average Bonchev–Trinajstić information content (AvgIpc) is 3.46. The van der Waals surface area contributed by atoms with Gasteiger partial charge in [-0.2, -0.15) is 4.98 Å². The Balaban J connectivity index is 1.34. The Labute approximate surface area is 257 Å². The van der Waals surface area contributed by atoms with E-state index in [9.17, 15) is 4.79 Å². The van der Waals surface area contributed by atoms with Crippen LogP contribution in [0.4, 0.5) is 16.6 Å². The summed E-state index contributed by atoms with van der Waals surface area (Å²) in [6.45, 7) is 12.2. The number of fused-ring (bicyclic) bond motifs is 1. The number of anilines is 2. The fourth-order valence-corrected chi connectivity index (χ4v) is 4.82. The molecule has 234 valence electrons. The van der Waals surface area contributed by atoms with Gasteiger partial charge in [-0.25, -0.2) is 14.8 Å². The van der Waals surface area contributed by atoms with Crippen LogP contribution < -0.4 is 25.4 Å². The molecule has 3 N–H and O–H groups in total. The van der Waals surface area contributed by atoms with E-state index in [-0.39, 0.29) is 6.03 Å². The molecule has 0 atom stereocenters. The van der Waals surface area contributed by atoms with Crippen molar-refractivity contribution < 1.29 is 14.3 Å². The highest BCUT2D eigenvalue weighted by Crippen LogP contribution is 2.35. The maximum Gasteiger partial charge on any atom is 0.320 e. The molecule has 1 fully saturated rings. The number of methoxy groups -OCH3 is 2. The van der Waals surface area contributed by atoms with Crippen molar-refractivity contribution in [1.29, 1.82) is 0 Å². The minimum absolute atomic E-state index is 0.336. The molecule has 5 rings (SSSR count). The van der Waals surface area contributed by atoms with Crippen molar-refractivity contribution in [3.05, 3.63) is 42.4 Å². The molecule has 1 saturated heterocycles. The van der Waals surface area contributed by atoms with Gasteiger partial charge < -0.3 is 25.0 Å². The first kappa shape index (κ1) is 30.9. The van der Waals surface area contributed by atoms with Gasteiger partial charge in [0.25, 0.3) is 0 Å². The molecule has 4 aromatic rings. The molecule has 0 saturated carbocycles. The van der Waals surface area contributed by atoms with E-state index in [4.69, 9.17) is 14.5 Å². The maximum absolute atomic E-state index is 12.9. The van der Waals surface area contributed by atoms with Gasteiger partial charge in [-0.05, 0) is 51.6 Å². The van der Waals surface area contributed by atoms with E-state index in [1.54, 1.807) is 26.5 Å². The Morgan fingerprint density at radius 3 is 2.39 bits per heavy atom. The van der Waals surface area contributed by atoms with E-state index < -0.39 is 5.54 Å². The fourth-order valence-electron chi connectivity index (χ4n) is 4.82. The number of nitrogens with one attached hydrogen (secondary N) is 3. The van der Waals surface area contributed by atoms with Gasteiger partial charge in [0, 0.05) is 61.5 Å². The standard InChI is InChI=1S/C30H41N11O3/c1-30(2,3)36-29(42)35-27-25(20-13-23(43-5)16-24(14-20)44-6)15-21-17-31-28(34-26(21)33-27)32-18-22-19-41(38-37-22)12-11-40-9-7-39(4)8-10-40/h13-17,19H,7-12,18H2,1-6H3,(H3,31,32,33,34,35,36,42). The van der Waals surface area contributed by atoms with Crippen molar-refractivity contribution in [3.8, 4) is 22.6 Å². The lowest BCUT2D eigenvalue weighted by Crippen LogP contribution is -2.45. The van der Waals surface area contributed by atoms with Crippen molar-refractivity contribution in [1.82, 2.24) is 45.1 Å². The number of carbonyl (C=O) groups excluding carboxylic acids is 1. The van der Waals surface area contributed by atoms with Gasteiger partial charge in [0.1, 0.15) is 23.0 Å². The maximum atomic E-state index is 12.9. The lowest BCUT2D eigenvalue weighted by atomic mass is 10.0. The summed E-state index contributed by atoms with van der Waals surface area (Å²) in [4.78, 5) is 31.6. The van der Waals surface area contributed by atoms with Crippen LogP contribution in [0.1, 0.15) is 26.5 Å². The van der Waals surface area contributed by atoms with Gasteiger partial charge in [0.15, 0.2) is 5.65 Å². The molecule has 4 heterocycles. The highest BCUT2D eigenvalue weighted by atomic mass is 16.5. The minimum Gasteiger partial charge on any atom is -0.497 e. The summed E-state index contributed by atoms with van der Waals surface area (Å²) >= 11 is 0. The molecule has 2 amide bonds. The Kier molecular flexibility index (Phi) is 9.40. The number of pyridine rings is 1. The van der Waals surface area contributed by atoms with Gasteiger partial charge in [-0.3, -0.25) is 14.9 Å². The van der Waals surface area contributed by atoms with Crippen molar-refractivity contribution in [2.45, 2.75) is 39.4 Å². The number of urea groups is 1. The van der Waals surface area contributed by atoms with Crippen LogP contribution in [0.15, 0.2) is 36.7 Å². The second-order valence-corrected chi connectivity index (χ2v) is 11.9. The lowest BCUT2D eigenvalue weighted by Gasteiger charge is -2.32. The summed E-state index contributed by atoms with van der Waals surface area (Å²) in [5, 5.41) is 18.3. The molecular weight excluding hydrogens is 562 g/mol. The predicted octanol–water partition coefficient (Wildman–Crippen LogP) is 3.08. The summed E-state index contributed by atoms with van der Waals surface area (Å²) in [6.07, 6.45) is 3.64. The van der Waals surface area contributed by atoms with E-state index in [0.717, 1.165) is 50.5 Å². The smallest absolute Gasteiger partial charge is 0.320 e. The molecule has 0 spiro atoms. The van der Waals surface area contributed by atoms with Crippen LogP contribution in [0.5, 0.6) is 11.5 Å². The number of piperazine rings is 1. The monoisotopic (exact) mass is 603 g/mol. The number of nitrogens with zero attached hydrogens (tertiary/aromatic N) is 8. The topological polar surface area (TPSA) is 147 Å². The number of benzene rings is 1. The Bertz CT molecular complexity index is 1570. The van der Waals surface area contributed by atoms with E-state index in [1.165, 1.54) is 0 Å². The largest absolute Gasteiger partial charge is 0.497 e. The Hall–Kier alpha value is -4.56. The zero-order valence-electron chi connectivity index (χ0n) is 26.2. The molecule has 1 aromatic carbocycles. The number of ether oxygens (including phenoxy) is 2. The average molecular weight is 604 g/mol. The first-order chi connectivity index (χ1) is 21.1. The third-order valence-electron chi connectivity index (χ3n) is 7.21. The number of aromatic nitrogens is 6. The summed E-state index contributed by atoms with van der Waals surface area (Å²) in [6, 6.07) is 6.99. The first-order valence-corrected chi connectivity index (χ1v) is 14.6. The van der Waals surface area contributed by atoms with Crippen LogP contribution in [-0.4, -0.2) is 105 Å². The number of hydrogen-bond donors (Lipinski definition) is 3. The van der Waals surface area contributed by atoms with Crippen LogP contribution in [-0.2, 0) is 13.1 Å². The molecule has 0 unspecified atom stereocenters. The minimum atomic E-state index is -0.439. The van der Waals surface area contributed by atoms with Crippen molar-refractivity contribution in [2.75, 3.05) is 64.6 Å². The van der Waals surface area contributed by atoms with Gasteiger partial charge in [-0.15, -0.1) is 5.10 Å². The van der Waals surface area contributed by atoms with Crippen LogP contribution in [0.3, 0.4) is 0 Å². The van der Waals surface area contributed by atoms with Gasteiger partial charge in [0.05, 0.1) is 33.5 Å². The highest BCUT2D eigenvalue weighted by molar-refractivity contribution is 5.96. The van der Waals surface area contributed by atoms with Gasteiger partial charge in [-0.1, -0.05) is 5.21 Å². The van der Waals surface area contributed by atoms with Crippen LogP contribution in [0, 0.1) is 0 Å². The fraction of sp³-hybridized carbons (Fsp3) is 0.467.